The molecule has 7 nitrogen and oxygen atoms in total. The molecule has 0 radical (unpaired) electrons. The van der Waals surface area contributed by atoms with Gasteiger partial charge in [0.15, 0.2) is 0 Å². The van der Waals surface area contributed by atoms with Crippen LogP contribution in [-0.2, 0) is 22.7 Å². The summed E-state index contributed by atoms with van der Waals surface area (Å²) in [5.41, 5.74) is 2.61. The van der Waals surface area contributed by atoms with Crippen molar-refractivity contribution in [3.05, 3.63) is 86.3 Å². The maximum atomic E-state index is 12.6. The van der Waals surface area contributed by atoms with Crippen molar-refractivity contribution in [1.29, 1.82) is 0 Å². The molecule has 2 heterocycles. The summed E-state index contributed by atoms with van der Waals surface area (Å²) in [6, 6.07) is 12.1. The van der Waals surface area contributed by atoms with E-state index in [0.29, 0.717) is 27.4 Å². The monoisotopic (exact) mass is 390 g/mol. The van der Waals surface area contributed by atoms with Crippen molar-refractivity contribution in [3.8, 4) is 0 Å². The molecule has 0 atom stereocenters. The number of hydrogen-bond donors (Lipinski definition) is 0. The number of aryl methyl sites for hydroxylation is 2. The second kappa shape index (κ2) is 7.35. The van der Waals surface area contributed by atoms with Crippen molar-refractivity contribution < 1.29 is 13.9 Å². The van der Waals surface area contributed by atoms with Crippen LogP contribution in [-0.4, -0.2) is 15.5 Å². The molecule has 0 saturated heterocycles. The van der Waals surface area contributed by atoms with Gasteiger partial charge in [-0.15, -0.1) is 0 Å². The average molecular weight is 390 g/mol. The second-order valence-electron chi connectivity index (χ2n) is 6.90. The van der Waals surface area contributed by atoms with E-state index in [-0.39, 0.29) is 18.7 Å². The molecule has 0 spiro atoms. The van der Waals surface area contributed by atoms with E-state index >= 15 is 0 Å². The first kappa shape index (κ1) is 18.6. The normalized spacial score (nSPS) is 11.1. The minimum absolute atomic E-state index is 0.0984. The summed E-state index contributed by atoms with van der Waals surface area (Å²) in [5, 5.41) is 1.14. The highest BCUT2D eigenvalue weighted by molar-refractivity contribution is 5.82. The Kier molecular flexibility index (Phi) is 4.72. The van der Waals surface area contributed by atoms with Gasteiger partial charge in [0.25, 0.3) is 5.56 Å². The van der Waals surface area contributed by atoms with E-state index in [2.05, 4.69) is 4.98 Å². The Hall–Kier alpha value is -3.74. The van der Waals surface area contributed by atoms with Crippen molar-refractivity contribution in [1.82, 2.24) is 9.55 Å². The molecule has 0 unspecified atom stereocenters. The minimum atomic E-state index is -0.602. The lowest BCUT2D eigenvalue weighted by Gasteiger charge is -2.09. The molecule has 2 aromatic carbocycles. The number of aromatic nitrogens is 2. The van der Waals surface area contributed by atoms with Crippen molar-refractivity contribution in [2.45, 2.75) is 27.0 Å². The lowest BCUT2D eigenvalue weighted by atomic mass is 10.1. The summed E-state index contributed by atoms with van der Waals surface area (Å²) in [6.07, 6.45) is 1.34. The largest absolute Gasteiger partial charge is 0.459 e. The molecule has 0 aliphatic carbocycles. The number of fused-ring (bicyclic) bond motifs is 2. The molecule has 0 N–H and O–H groups in total. The number of carbonyl (C=O) groups is 1. The first-order valence-corrected chi connectivity index (χ1v) is 9.06. The second-order valence-corrected chi connectivity index (χ2v) is 6.90. The fourth-order valence-corrected chi connectivity index (χ4v) is 3.25. The number of rotatable bonds is 4. The SMILES string of the molecule is Cc1ccc2c(COC(=O)Cn3cnc4c(C)cccc4c3=O)cc(=O)oc2c1. The van der Waals surface area contributed by atoms with Gasteiger partial charge in [0, 0.05) is 17.0 Å². The van der Waals surface area contributed by atoms with E-state index in [1.54, 1.807) is 18.2 Å². The number of ether oxygens (including phenoxy) is 1. The van der Waals surface area contributed by atoms with Gasteiger partial charge in [-0.2, -0.15) is 0 Å². The highest BCUT2D eigenvalue weighted by Crippen LogP contribution is 2.19. The first-order chi connectivity index (χ1) is 13.9. The van der Waals surface area contributed by atoms with Crippen LogP contribution in [0, 0.1) is 13.8 Å². The third-order valence-corrected chi connectivity index (χ3v) is 4.73. The van der Waals surface area contributed by atoms with Gasteiger partial charge in [-0.05, 0) is 37.1 Å². The maximum absolute atomic E-state index is 12.6. The van der Waals surface area contributed by atoms with Crippen LogP contribution in [0.5, 0.6) is 0 Å². The molecule has 0 saturated carbocycles. The van der Waals surface area contributed by atoms with Crippen molar-refractivity contribution in [3.63, 3.8) is 0 Å². The zero-order valence-corrected chi connectivity index (χ0v) is 16.0. The number of benzene rings is 2. The van der Waals surface area contributed by atoms with Gasteiger partial charge in [-0.25, -0.2) is 9.78 Å². The molecule has 7 heteroatoms. The Morgan fingerprint density at radius 2 is 1.93 bits per heavy atom. The van der Waals surface area contributed by atoms with Crippen LogP contribution in [0.2, 0.25) is 0 Å². The molecule has 29 heavy (non-hydrogen) atoms. The van der Waals surface area contributed by atoms with Crippen molar-refractivity contribution in [2.75, 3.05) is 0 Å². The third-order valence-electron chi connectivity index (χ3n) is 4.73. The topological polar surface area (TPSA) is 91.4 Å². The zero-order valence-electron chi connectivity index (χ0n) is 16.0. The summed E-state index contributed by atoms with van der Waals surface area (Å²) < 4.78 is 11.7. The predicted molar refractivity (Wildman–Crippen MR) is 108 cm³/mol. The molecule has 4 aromatic rings. The molecule has 2 aromatic heterocycles. The van der Waals surface area contributed by atoms with Gasteiger partial charge in [-0.3, -0.25) is 14.2 Å². The molecular weight excluding hydrogens is 372 g/mol. The maximum Gasteiger partial charge on any atom is 0.336 e. The van der Waals surface area contributed by atoms with E-state index < -0.39 is 11.6 Å². The van der Waals surface area contributed by atoms with Crippen LogP contribution in [0.25, 0.3) is 21.9 Å². The Balaban J connectivity index is 1.55. The summed E-state index contributed by atoms with van der Waals surface area (Å²) in [7, 11) is 0. The summed E-state index contributed by atoms with van der Waals surface area (Å²) in [6.45, 7) is 3.39. The highest BCUT2D eigenvalue weighted by atomic mass is 16.5. The number of esters is 1. The van der Waals surface area contributed by atoms with E-state index in [9.17, 15) is 14.4 Å². The van der Waals surface area contributed by atoms with Crippen molar-refractivity contribution in [2.24, 2.45) is 0 Å². The Morgan fingerprint density at radius 3 is 2.76 bits per heavy atom. The van der Waals surface area contributed by atoms with Gasteiger partial charge < -0.3 is 9.15 Å². The smallest absolute Gasteiger partial charge is 0.336 e. The van der Waals surface area contributed by atoms with Gasteiger partial charge in [-0.1, -0.05) is 24.3 Å². The van der Waals surface area contributed by atoms with Gasteiger partial charge in [0.05, 0.1) is 17.2 Å². The zero-order chi connectivity index (χ0) is 20.5. The molecule has 0 aliphatic heterocycles. The third kappa shape index (κ3) is 3.67. The Labute approximate surface area is 165 Å². The molecule has 0 aliphatic rings. The number of hydrogen-bond acceptors (Lipinski definition) is 6. The van der Waals surface area contributed by atoms with Gasteiger partial charge in [0.1, 0.15) is 18.7 Å². The number of carbonyl (C=O) groups excluding carboxylic acids is 1. The molecule has 4 rings (SSSR count). The van der Waals surface area contributed by atoms with Crippen LogP contribution in [0.4, 0.5) is 0 Å². The predicted octanol–water partition coefficient (Wildman–Crippen LogP) is 2.86. The molecule has 0 fully saturated rings. The van der Waals surface area contributed by atoms with E-state index in [1.807, 2.05) is 32.0 Å². The molecule has 146 valence electrons. The summed E-state index contributed by atoms with van der Waals surface area (Å²) in [5.74, 6) is -0.602. The van der Waals surface area contributed by atoms with E-state index in [0.717, 1.165) is 11.1 Å². The lowest BCUT2D eigenvalue weighted by molar-refractivity contribution is -0.145. The minimum Gasteiger partial charge on any atom is -0.459 e. The van der Waals surface area contributed by atoms with E-state index in [4.69, 9.17) is 9.15 Å². The molecular formula is C22H18N2O5. The fourth-order valence-electron chi connectivity index (χ4n) is 3.25. The molecule has 0 amide bonds. The van der Waals surface area contributed by atoms with Crippen LogP contribution in [0.3, 0.4) is 0 Å². The standard InChI is InChI=1S/C22H18N2O5/c1-13-6-7-16-15(9-19(25)29-18(16)8-13)11-28-20(26)10-24-12-23-21-14(2)4-3-5-17(21)22(24)27/h3-9,12H,10-11H2,1-2H3. The van der Waals surface area contributed by atoms with Crippen LogP contribution in [0.15, 0.2) is 62.8 Å². The van der Waals surface area contributed by atoms with Gasteiger partial charge in [0.2, 0.25) is 0 Å². The van der Waals surface area contributed by atoms with Crippen LogP contribution < -0.4 is 11.2 Å². The van der Waals surface area contributed by atoms with Crippen LogP contribution in [0.1, 0.15) is 16.7 Å². The Bertz CT molecular complexity index is 1370. The highest BCUT2D eigenvalue weighted by Gasteiger charge is 2.12. The number of nitrogens with zero attached hydrogens (tertiary/aromatic N) is 2. The van der Waals surface area contributed by atoms with Crippen LogP contribution >= 0.6 is 0 Å². The van der Waals surface area contributed by atoms with Crippen molar-refractivity contribution >= 4 is 27.8 Å². The molecule has 0 bridgehead atoms. The quantitative estimate of drug-likeness (QED) is 0.393. The average Bonchev–Trinajstić information content (AvgIpc) is 2.68. The lowest BCUT2D eigenvalue weighted by Crippen LogP contribution is -2.25. The summed E-state index contributed by atoms with van der Waals surface area (Å²) >= 11 is 0. The summed E-state index contributed by atoms with van der Waals surface area (Å²) in [4.78, 5) is 41.0. The number of para-hydroxylation sites is 1. The van der Waals surface area contributed by atoms with E-state index in [1.165, 1.54) is 17.0 Å². The fraction of sp³-hybridized carbons (Fsp3) is 0.182. The first-order valence-electron chi connectivity index (χ1n) is 9.06. The Morgan fingerprint density at radius 1 is 1.10 bits per heavy atom. The van der Waals surface area contributed by atoms with Gasteiger partial charge >= 0.3 is 11.6 Å².